The molecule has 7 nitrogen and oxygen atoms in total. The van der Waals surface area contributed by atoms with Crippen LogP contribution in [-0.2, 0) is 6.42 Å². The third kappa shape index (κ3) is 4.26. The van der Waals surface area contributed by atoms with Crippen LogP contribution in [0.2, 0.25) is 0 Å². The third-order valence-corrected chi connectivity index (χ3v) is 4.93. The molecule has 1 aliphatic rings. The minimum Gasteiger partial charge on any atom is -0.334 e. The van der Waals surface area contributed by atoms with E-state index < -0.39 is 0 Å². The van der Waals surface area contributed by atoms with Gasteiger partial charge in [0.2, 0.25) is 11.9 Å². The minimum absolute atomic E-state index is 0.127. The molecular weight excluding hydrogens is 369 g/mol. The number of halogens is 1. The summed E-state index contributed by atoms with van der Waals surface area (Å²) >= 11 is 0. The molecule has 1 atom stereocenters. The van der Waals surface area contributed by atoms with Gasteiger partial charge in [0.1, 0.15) is 11.6 Å². The smallest absolute Gasteiger partial charge is 0.233 e. The van der Waals surface area contributed by atoms with E-state index in [1.807, 2.05) is 44.2 Å². The van der Waals surface area contributed by atoms with Crippen LogP contribution in [-0.4, -0.2) is 31.7 Å². The van der Waals surface area contributed by atoms with Crippen molar-refractivity contribution in [3.05, 3.63) is 59.3 Å². The molecule has 0 radical (unpaired) electrons. The van der Waals surface area contributed by atoms with Crippen molar-refractivity contribution in [2.75, 3.05) is 16.8 Å². The van der Waals surface area contributed by atoms with Crippen LogP contribution >= 0.6 is 0 Å². The Labute approximate surface area is 169 Å². The maximum atomic E-state index is 13.3. The van der Waals surface area contributed by atoms with Crippen LogP contribution in [0, 0.1) is 5.82 Å². The fourth-order valence-electron chi connectivity index (χ4n) is 3.57. The molecule has 1 aromatic carbocycles. The Morgan fingerprint density at radius 2 is 2.07 bits per heavy atom. The van der Waals surface area contributed by atoms with Gasteiger partial charge < -0.3 is 10.2 Å². The molecule has 1 fully saturated rings. The SMILES string of the molecule is C/C=C/c1cc(Nc2nc(CC)nc(N3CCCC3c3ccc(F)cc3)n2)n[nH]1. The quantitative estimate of drug-likeness (QED) is 0.645. The summed E-state index contributed by atoms with van der Waals surface area (Å²) in [5.41, 5.74) is 1.97. The van der Waals surface area contributed by atoms with Gasteiger partial charge in [0.05, 0.1) is 11.7 Å². The fourth-order valence-corrected chi connectivity index (χ4v) is 3.57. The van der Waals surface area contributed by atoms with Gasteiger partial charge in [-0.15, -0.1) is 0 Å². The predicted molar refractivity (Wildman–Crippen MR) is 112 cm³/mol. The molecular formula is C21H24FN7. The Morgan fingerprint density at radius 3 is 2.83 bits per heavy atom. The molecule has 2 N–H and O–H groups in total. The van der Waals surface area contributed by atoms with E-state index in [1.54, 1.807) is 0 Å². The maximum Gasteiger partial charge on any atom is 0.233 e. The molecule has 3 heterocycles. The van der Waals surface area contributed by atoms with Gasteiger partial charge in [-0.2, -0.15) is 20.1 Å². The fraction of sp³-hybridized carbons (Fsp3) is 0.333. The van der Waals surface area contributed by atoms with Crippen molar-refractivity contribution >= 4 is 23.8 Å². The van der Waals surface area contributed by atoms with Crippen molar-refractivity contribution in [1.29, 1.82) is 0 Å². The molecule has 3 aromatic rings. The van der Waals surface area contributed by atoms with E-state index in [0.717, 1.165) is 30.6 Å². The number of anilines is 3. The zero-order valence-corrected chi connectivity index (χ0v) is 16.6. The highest BCUT2D eigenvalue weighted by molar-refractivity contribution is 5.55. The Morgan fingerprint density at radius 1 is 1.24 bits per heavy atom. The van der Waals surface area contributed by atoms with Crippen molar-refractivity contribution in [3.8, 4) is 0 Å². The second-order valence-electron chi connectivity index (χ2n) is 6.97. The molecule has 0 bridgehead atoms. The van der Waals surface area contributed by atoms with Gasteiger partial charge in [0.15, 0.2) is 5.82 Å². The zero-order valence-electron chi connectivity index (χ0n) is 16.6. The first-order chi connectivity index (χ1) is 14.2. The van der Waals surface area contributed by atoms with E-state index in [1.165, 1.54) is 12.1 Å². The number of allylic oxidation sites excluding steroid dienone is 1. The molecule has 0 saturated carbocycles. The topological polar surface area (TPSA) is 82.6 Å². The lowest BCUT2D eigenvalue weighted by molar-refractivity contribution is 0.623. The van der Waals surface area contributed by atoms with Gasteiger partial charge in [-0.3, -0.25) is 5.10 Å². The van der Waals surface area contributed by atoms with Crippen LogP contribution in [0.3, 0.4) is 0 Å². The number of aromatic amines is 1. The van der Waals surface area contributed by atoms with E-state index in [9.17, 15) is 4.39 Å². The molecule has 4 rings (SSSR count). The number of aryl methyl sites for hydroxylation is 1. The van der Waals surface area contributed by atoms with Gasteiger partial charge >= 0.3 is 0 Å². The summed E-state index contributed by atoms with van der Waals surface area (Å²) in [4.78, 5) is 16.0. The Hall–Kier alpha value is -3.29. The molecule has 0 spiro atoms. The van der Waals surface area contributed by atoms with Crippen molar-refractivity contribution < 1.29 is 4.39 Å². The minimum atomic E-state index is -0.227. The summed E-state index contributed by atoms with van der Waals surface area (Å²) in [5.74, 6) is 2.24. The average Bonchev–Trinajstić information content (AvgIpc) is 3.38. The number of nitrogens with zero attached hydrogens (tertiary/aromatic N) is 5. The van der Waals surface area contributed by atoms with Crippen LogP contribution < -0.4 is 10.2 Å². The molecule has 0 aliphatic carbocycles. The van der Waals surface area contributed by atoms with E-state index in [4.69, 9.17) is 0 Å². The van der Waals surface area contributed by atoms with Crippen LogP contribution in [0.25, 0.3) is 6.08 Å². The molecule has 8 heteroatoms. The van der Waals surface area contributed by atoms with Crippen molar-refractivity contribution in [3.63, 3.8) is 0 Å². The molecule has 2 aromatic heterocycles. The van der Waals surface area contributed by atoms with Crippen molar-refractivity contribution in [2.45, 2.75) is 39.2 Å². The Kier molecular flexibility index (Phi) is 5.50. The van der Waals surface area contributed by atoms with Gasteiger partial charge in [0, 0.05) is 19.0 Å². The van der Waals surface area contributed by atoms with E-state index >= 15 is 0 Å². The summed E-state index contributed by atoms with van der Waals surface area (Å²) in [6, 6.07) is 8.71. The summed E-state index contributed by atoms with van der Waals surface area (Å²) in [5, 5.41) is 10.4. The second kappa shape index (κ2) is 8.38. The molecule has 1 unspecified atom stereocenters. The summed E-state index contributed by atoms with van der Waals surface area (Å²) in [6.07, 6.45) is 6.59. The number of nitrogens with one attached hydrogen (secondary N) is 2. The first kappa shape index (κ1) is 19.0. The van der Waals surface area contributed by atoms with Gasteiger partial charge in [-0.1, -0.05) is 25.1 Å². The van der Waals surface area contributed by atoms with Gasteiger partial charge in [0.25, 0.3) is 0 Å². The van der Waals surface area contributed by atoms with Crippen LogP contribution in [0.15, 0.2) is 36.4 Å². The Balaban J connectivity index is 1.62. The van der Waals surface area contributed by atoms with E-state index in [2.05, 4.69) is 35.4 Å². The first-order valence-corrected chi connectivity index (χ1v) is 9.88. The number of H-pyrrole nitrogens is 1. The monoisotopic (exact) mass is 393 g/mol. The number of benzene rings is 1. The summed E-state index contributed by atoms with van der Waals surface area (Å²) in [7, 11) is 0. The molecule has 1 aliphatic heterocycles. The maximum absolute atomic E-state index is 13.3. The van der Waals surface area contributed by atoms with Gasteiger partial charge in [-0.25, -0.2) is 4.39 Å². The normalized spacial score (nSPS) is 16.7. The predicted octanol–water partition coefficient (Wildman–Crippen LogP) is 4.41. The van der Waals surface area contributed by atoms with E-state index in [0.29, 0.717) is 30.0 Å². The van der Waals surface area contributed by atoms with Crippen LogP contribution in [0.1, 0.15) is 49.8 Å². The number of rotatable bonds is 6. The molecule has 0 amide bonds. The number of aromatic nitrogens is 5. The average molecular weight is 393 g/mol. The summed E-state index contributed by atoms with van der Waals surface area (Å²) < 4.78 is 13.3. The highest BCUT2D eigenvalue weighted by atomic mass is 19.1. The highest BCUT2D eigenvalue weighted by Gasteiger charge is 2.29. The second-order valence-corrected chi connectivity index (χ2v) is 6.97. The Bertz CT molecular complexity index is 997. The lowest BCUT2D eigenvalue weighted by Crippen LogP contribution is -2.25. The standard InChI is InChI=1S/C21H24FN7/c1-3-6-16-13-19(28-27-16)24-20-23-18(4-2)25-21(26-20)29-12-5-7-17(29)14-8-10-15(22)11-9-14/h3,6,8-11,13,17H,4-5,7,12H2,1-2H3,(H2,23,24,25,26,27,28)/b6-3+. The largest absolute Gasteiger partial charge is 0.334 e. The first-order valence-electron chi connectivity index (χ1n) is 9.88. The lowest BCUT2D eigenvalue weighted by atomic mass is 10.0. The highest BCUT2D eigenvalue weighted by Crippen LogP contribution is 2.35. The van der Waals surface area contributed by atoms with Crippen LogP contribution in [0.4, 0.5) is 22.1 Å². The van der Waals surface area contributed by atoms with E-state index in [-0.39, 0.29) is 11.9 Å². The van der Waals surface area contributed by atoms with Crippen molar-refractivity contribution in [2.24, 2.45) is 0 Å². The zero-order chi connectivity index (χ0) is 20.2. The molecule has 150 valence electrons. The number of hydrogen-bond acceptors (Lipinski definition) is 6. The van der Waals surface area contributed by atoms with Crippen LogP contribution in [0.5, 0.6) is 0 Å². The molecule has 29 heavy (non-hydrogen) atoms. The lowest BCUT2D eigenvalue weighted by Gasteiger charge is -2.25. The van der Waals surface area contributed by atoms with Gasteiger partial charge in [-0.05, 0) is 43.5 Å². The van der Waals surface area contributed by atoms with Crippen molar-refractivity contribution in [1.82, 2.24) is 25.1 Å². The molecule has 1 saturated heterocycles. The summed E-state index contributed by atoms with van der Waals surface area (Å²) in [6.45, 7) is 4.82. The third-order valence-electron chi connectivity index (χ3n) is 4.93. The number of hydrogen-bond donors (Lipinski definition) is 2.